The highest BCUT2D eigenvalue weighted by Crippen LogP contribution is 2.23. The second-order valence-corrected chi connectivity index (χ2v) is 6.50. The van der Waals surface area contributed by atoms with Crippen LogP contribution < -0.4 is 5.73 Å². The van der Waals surface area contributed by atoms with Gasteiger partial charge in [0.2, 0.25) is 0 Å². The van der Waals surface area contributed by atoms with Crippen LogP contribution in [0.25, 0.3) is 0 Å². The number of nitrogens with zero attached hydrogens (tertiary/aromatic N) is 2. The standard InChI is InChI=1S/C12H25N3OS/c1-12(2,11(13)14-16)5-3-6-15-7-4-9-17-10-8-15/h16H,3-10H2,1-2H3,(H2,13,14). The van der Waals surface area contributed by atoms with Crippen LogP contribution >= 0.6 is 11.8 Å². The molecule has 3 N–H and O–H groups in total. The summed E-state index contributed by atoms with van der Waals surface area (Å²) in [5.41, 5.74) is 5.48. The number of hydrogen-bond acceptors (Lipinski definition) is 4. The van der Waals surface area contributed by atoms with E-state index in [1.165, 1.54) is 31.0 Å². The van der Waals surface area contributed by atoms with Gasteiger partial charge >= 0.3 is 0 Å². The first-order chi connectivity index (χ1) is 8.06. The largest absolute Gasteiger partial charge is 0.409 e. The SMILES string of the molecule is CC(C)(CCCN1CCCSCC1)C(N)=NO. The minimum atomic E-state index is -0.199. The van der Waals surface area contributed by atoms with Crippen molar-refractivity contribution < 1.29 is 5.21 Å². The topological polar surface area (TPSA) is 61.8 Å². The maximum atomic E-state index is 8.71. The van der Waals surface area contributed by atoms with Crippen molar-refractivity contribution in [3.05, 3.63) is 0 Å². The molecule has 0 amide bonds. The summed E-state index contributed by atoms with van der Waals surface area (Å²) in [5.74, 6) is 2.89. The molecule has 0 atom stereocenters. The molecule has 0 aliphatic carbocycles. The maximum Gasteiger partial charge on any atom is 0.144 e. The van der Waals surface area contributed by atoms with E-state index in [1.807, 2.05) is 13.8 Å². The molecule has 4 nitrogen and oxygen atoms in total. The Balaban J connectivity index is 2.26. The van der Waals surface area contributed by atoms with E-state index in [2.05, 4.69) is 21.8 Å². The van der Waals surface area contributed by atoms with Crippen LogP contribution in [0.5, 0.6) is 0 Å². The fraction of sp³-hybridized carbons (Fsp3) is 0.917. The van der Waals surface area contributed by atoms with Crippen LogP contribution in [0.1, 0.15) is 33.1 Å². The van der Waals surface area contributed by atoms with Crippen LogP contribution in [0.15, 0.2) is 5.16 Å². The van der Waals surface area contributed by atoms with Gasteiger partial charge in [-0.25, -0.2) is 0 Å². The van der Waals surface area contributed by atoms with Crippen molar-refractivity contribution >= 4 is 17.6 Å². The fourth-order valence-electron chi connectivity index (χ4n) is 2.03. The Morgan fingerprint density at radius 2 is 2.18 bits per heavy atom. The number of oxime groups is 1. The molecule has 1 saturated heterocycles. The van der Waals surface area contributed by atoms with E-state index in [0.717, 1.165) is 19.4 Å². The minimum Gasteiger partial charge on any atom is -0.409 e. The molecule has 0 spiro atoms. The Hall–Kier alpha value is -0.420. The zero-order chi connectivity index (χ0) is 12.7. The van der Waals surface area contributed by atoms with Gasteiger partial charge in [0, 0.05) is 17.7 Å². The summed E-state index contributed by atoms with van der Waals surface area (Å²) in [7, 11) is 0. The Kier molecular flexibility index (Phi) is 6.12. The molecule has 0 aromatic carbocycles. The molecule has 5 heteroatoms. The molecule has 1 rings (SSSR count). The highest BCUT2D eigenvalue weighted by molar-refractivity contribution is 7.99. The van der Waals surface area contributed by atoms with E-state index in [4.69, 9.17) is 10.9 Å². The molecule has 1 aliphatic rings. The van der Waals surface area contributed by atoms with Crippen molar-refractivity contribution in [2.24, 2.45) is 16.3 Å². The molecule has 0 aromatic heterocycles. The highest BCUT2D eigenvalue weighted by Gasteiger charge is 2.23. The Labute approximate surface area is 109 Å². The normalized spacial score (nSPS) is 20.2. The average molecular weight is 259 g/mol. The van der Waals surface area contributed by atoms with Crippen LogP contribution in [0.4, 0.5) is 0 Å². The van der Waals surface area contributed by atoms with Gasteiger partial charge in [0.15, 0.2) is 0 Å². The van der Waals surface area contributed by atoms with Gasteiger partial charge in [0.05, 0.1) is 0 Å². The fourth-order valence-corrected chi connectivity index (χ4v) is 2.95. The predicted octanol–water partition coefficient (Wildman–Crippen LogP) is 1.98. The molecule has 0 bridgehead atoms. The van der Waals surface area contributed by atoms with E-state index in [1.54, 1.807) is 0 Å². The van der Waals surface area contributed by atoms with Crippen molar-refractivity contribution in [2.75, 3.05) is 31.1 Å². The number of nitrogens with two attached hydrogens (primary N) is 1. The summed E-state index contributed by atoms with van der Waals surface area (Å²) in [5, 5.41) is 11.8. The van der Waals surface area contributed by atoms with Gasteiger partial charge < -0.3 is 15.8 Å². The van der Waals surface area contributed by atoms with E-state index in [0.29, 0.717) is 5.84 Å². The lowest BCUT2D eigenvalue weighted by atomic mass is 9.86. The second kappa shape index (κ2) is 7.11. The predicted molar refractivity (Wildman–Crippen MR) is 74.8 cm³/mol. The molecular weight excluding hydrogens is 234 g/mol. The molecule has 100 valence electrons. The first kappa shape index (κ1) is 14.6. The third-order valence-electron chi connectivity index (χ3n) is 3.39. The highest BCUT2D eigenvalue weighted by atomic mass is 32.2. The monoisotopic (exact) mass is 259 g/mol. The van der Waals surface area contributed by atoms with Crippen LogP contribution in [-0.2, 0) is 0 Å². The molecule has 0 saturated carbocycles. The molecular formula is C12H25N3OS. The van der Waals surface area contributed by atoms with Gasteiger partial charge in [0.25, 0.3) is 0 Å². The van der Waals surface area contributed by atoms with Crippen LogP contribution in [0.2, 0.25) is 0 Å². The summed E-state index contributed by atoms with van der Waals surface area (Å²) >= 11 is 2.05. The lowest BCUT2D eigenvalue weighted by Crippen LogP contribution is -2.33. The maximum absolute atomic E-state index is 8.71. The first-order valence-electron chi connectivity index (χ1n) is 6.34. The quantitative estimate of drug-likeness (QED) is 0.343. The Bertz CT molecular complexity index is 248. The smallest absolute Gasteiger partial charge is 0.144 e. The van der Waals surface area contributed by atoms with Crippen molar-refractivity contribution in [3.63, 3.8) is 0 Å². The number of hydrogen-bond donors (Lipinski definition) is 2. The molecule has 1 heterocycles. The summed E-state index contributed by atoms with van der Waals surface area (Å²) in [6.45, 7) is 7.61. The Morgan fingerprint density at radius 3 is 2.88 bits per heavy atom. The lowest BCUT2D eigenvalue weighted by Gasteiger charge is -2.25. The zero-order valence-corrected chi connectivity index (χ0v) is 11.8. The van der Waals surface area contributed by atoms with Crippen molar-refractivity contribution in [1.29, 1.82) is 0 Å². The number of rotatable bonds is 5. The molecule has 1 fully saturated rings. The van der Waals surface area contributed by atoms with Crippen LogP contribution in [0, 0.1) is 5.41 Å². The van der Waals surface area contributed by atoms with Gasteiger partial charge in [-0.3, -0.25) is 0 Å². The van der Waals surface area contributed by atoms with Gasteiger partial charge in [-0.1, -0.05) is 19.0 Å². The van der Waals surface area contributed by atoms with Crippen LogP contribution in [0.3, 0.4) is 0 Å². The summed E-state index contributed by atoms with van der Waals surface area (Å²) < 4.78 is 0. The summed E-state index contributed by atoms with van der Waals surface area (Å²) in [6, 6.07) is 0. The van der Waals surface area contributed by atoms with E-state index in [-0.39, 0.29) is 5.41 Å². The second-order valence-electron chi connectivity index (χ2n) is 5.28. The van der Waals surface area contributed by atoms with Gasteiger partial charge in [-0.05, 0) is 38.1 Å². The third-order valence-corrected chi connectivity index (χ3v) is 4.44. The number of thioether (sulfide) groups is 1. The minimum absolute atomic E-state index is 0.199. The molecule has 0 aromatic rings. The number of amidine groups is 1. The molecule has 17 heavy (non-hydrogen) atoms. The van der Waals surface area contributed by atoms with Gasteiger partial charge in [-0.15, -0.1) is 0 Å². The zero-order valence-electron chi connectivity index (χ0n) is 11.0. The third kappa shape index (κ3) is 5.17. The summed E-state index contributed by atoms with van der Waals surface area (Å²) in [6.07, 6.45) is 3.37. The van der Waals surface area contributed by atoms with Crippen molar-refractivity contribution in [3.8, 4) is 0 Å². The lowest BCUT2D eigenvalue weighted by molar-refractivity contribution is 0.270. The molecule has 0 radical (unpaired) electrons. The van der Waals surface area contributed by atoms with Gasteiger partial charge in [-0.2, -0.15) is 11.8 Å². The van der Waals surface area contributed by atoms with Crippen molar-refractivity contribution in [1.82, 2.24) is 4.90 Å². The summed E-state index contributed by atoms with van der Waals surface area (Å²) in [4.78, 5) is 2.53. The Morgan fingerprint density at radius 1 is 1.41 bits per heavy atom. The van der Waals surface area contributed by atoms with E-state index in [9.17, 15) is 0 Å². The molecule has 1 aliphatic heterocycles. The van der Waals surface area contributed by atoms with Gasteiger partial charge in [0.1, 0.15) is 5.84 Å². The van der Waals surface area contributed by atoms with E-state index >= 15 is 0 Å². The average Bonchev–Trinajstić information content (AvgIpc) is 2.56. The molecule has 0 unspecified atom stereocenters. The van der Waals surface area contributed by atoms with E-state index < -0.39 is 0 Å². The van der Waals surface area contributed by atoms with Crippen molar-refractivity contribution in [2.45, 2.75) is 33.1 Å². The van der Waals surface area contributed by atoms with Crippen LogP contribution in [-0.4, -0.2) is 47.1 Å². The first-order valence-corrected chi connectivity index (χ1v) is 7.50.